The number of hydrogen-bond acceptors (Lipinski definition) is 3. The molecule has 18 heavy (non-hydrogen) atoms. The molecule has 0 unspecified atom stereocenters. The van der Waals surface area contributed by atoms with Crippen LogP contribution in [0.15, 0.2) is 24.3 Å². The molecule has 0 saturated heterocycles. The van der Waals surface area contributed by atoms with Crippen molar-refractivity contribution in [2.24, 2.45) is 0 Å². The zero-order valence-corrected chi connectivity index (χ0v) is 10.2. The molecule has 0 rings (SSSR count). The van der Waals surface area contributed by atoms with Crippen LogP contribution in [0.1, 0.15) is 32.6 Å². The first kappa shape index (κ1) is 18.3. The summed E-state index contributed by atoms with van der Waals surface area (Å²) in [5, 5.41) is 24.2. The monoisotopic (exact) mass is 258 g/mol. The summed E-state index contributed by atoms with van der Waals surface area (Å²) >= 11 is 0. The van der Waals surface area contributed by atoms with E-state index in [1.807, 2.05) is 13.0 Å². The van der Waals surface area contributed by atoms with E-state index in [2.05, 4.69) is 0 Å². The predicted octanol–water partition coefficient (Wildman–Crippen LogP) is 1.92. The maximum absolute atomic E-state index is 9.85. The van der Waals surface area contributed by atoms with Crippen molar-refractivity contribution in [2.75, 3.05) is 0 Å². The lowest BCUT2D eigenvalue weighted by Crippen LogP contribution is -1.92. The zero-order chi connectivity index (χ0) is 14.4. The molecule has 0 heterocycles. The van der Waals surface area contributed by atoms with Crippen LogP contribution in [0, 0.1) is 0 Å². The minimum Gasteiger partial charge on any atom is -0.481 e. The molecule has 102 valence electrons. The topological polar surface area (TPSA) is 112 Å². The maximum Gasteiger partial charge on any atom is 0.307 e. The van der Waals surface area contributed by atoms with Crippen molar-refractivity contribution in [3.8, 4) is 0 Å². The summed E-state index contributed by atoms with van der Waals surface area (Å²) in [6.45, 7) is 1.97. The summed E-state index contributed by atoms with van der Waals surface area (Å²) in [7, 11) is 0. The van der Waals surface area contributed by atoms with Crippen LogP contribution in [-0.2, 0) is 14.4 Å². The fourth-order valence-electron chi connectivity index (χ4n) is 0.719. The average Bonchev–Trinajstić information content (AvgIpc) is 2.25. The van der Waals surface area contributed by atoms with Gasteiger partial charge in [-0.25, -0.2) is 0 Å². The number of carbonyl (C=O) groups is 3. The molecule has 6 heteroatoms. The molecule has 0 aromatic heterocycles. The molecule has 0 radical (unpaired) electrons. The van der Waals surface area contributed by atoms with E-state index in [-0.39, 0.29) is 19.3 Å². The predicted molar refractivity (Wildman–Crippen MR) is 65.3 cm³/mol. The molecular formula is C12H18O6. The van der Waals surface area contributed by atoms with Crippen LogP contribution >= 0.6 is 0 Å². The third-order valence-electron chi connectivity index (χ3n) is 1.45. The highest BCUT2D eigenvalue weighted by molar-refractivity contribution is 5.70. The first-order valence-electron chi connectivity index (χ1n) is 5.35. The van der Waals surface area contributed by atoms with Crippen LogP contribution in [0.4, 0.5) is 0 Å². The fraction of sp³-hybridized carbons (Fsp3) is 0.417. The van der Waals surface area contributed by atoms with Gasteiger partial charge >= 0.3 is 17.9 Å². The van der Waals surface area contributed by atoms with E-state index in [9.17, 15) is 14.4 Å². The van der Waals surface area contributed by atoms with Gasteiger partial charge in [0.25, 0.3) is 0 Å². The Hall–Kier alpha value is -2.11. The van der Waals surface area contributed by atoms with Crippen molar-refractivity contribution in [3.05, 3.63) is 24.3 Å². The van der Waals surface area contributed by atoms with Crippen molar-refractivity contribution in [2.45, 2.75) is 32.6 Å². The third-order valence-corrected chi connectivity index (χ3v) is 1.45. The summed E-state index contributed by atoms with van der Waals surface area (Å²) < 4.78 is 0. The van der Waals surface area contributed by atoms with Crippen LogP contribution in [0.5, 0.6) is 0 Å². The van der Waals surface area contributed by atoms with Crippen molar-refractivity contribution in [1.29, 1.82) is 0 Å². The van der Waals surface area contributed by atoms with Gasteiger partial charge in [0.05, 0.1) is 19.3 Å². The number of allylic oxidation sites excluding steroid dienone is 1. The van der Waals surface area contributed by atoms with E-state index >= 15 is 0 Å². The second-order valence-electron chi connectivity index (χ2n) is 3.14. The molecule has 0 aliphatic heterocycles. The van der Waals surface area contributed by atoms with Crippen LogP contribution in [0.3, 0.4) is 0 Å². The standard InChI is InChI=1S/C6H8O4.C6H10O2/c7-5(8)3-1-2-4-6(9)10;1-2-3-4-5-6(7)8/h1-2H,3-4H2,(H,7,8)(H,9,10);3-4H,2,5H2,1H3,(H,7,8)/b2-1+;4-3+. The van der Waals surface area contributed by atoms with E-state index in [4.69, 9.17) is 15.3 Å². The minimum atomic E-state index is -0.957. The Kier molecular flexibility index (Phi) is 13.1. The summed E-state index contributed by atoms with van der Waals surface area (Å²) in [4.78, 5) is 29.5. The second kappa shape index (κ2) is 13.0. The number of carboxylic acids is 3. The highest BCUT2D eigenvalue weighted by atomic mass is 16.4. The van der Waals surface area contributed by atoms with Crippen molar-refractivity contribution >= 4 is 17.9 Å². The lowest BCUT2D eigenvalue weighted by Gasteiger charge is -1.83. The summed E-state index contributed by atoms with van der Waals surface area (Å²) in [6, 6.07) is 0. The first-order valence-corrected chi connectivity index (χ1v) is 5.35. The van der Waals surface area contributed by atoms with Crippen LogP contribution in [0.25, 0.3) is 0 Å². The summed E-state index contributed by atoms with van der Waals surface area (Å²) in [5.74, 6) is -2.68. The van der Waals surface area contributed by atoms with Crippen molar-refractivity contribution in [3.63, 3.8) is 0 Å². The van der Waals surface area contributed by atoms with E-state index in [1.165, 1.54) is 12.2 Å². The van der Waals surface area contributed by atoms with E-state index in [0.717, 1.165) is 6.42 Å². The first-order chi connectivity index (χ1) is 8.40. The Morgan fingerprint density at radius 2 is 1.00 bits per heavy atom. The van der Waals surface area contributed by atoms with Crippen LogP contribution in [-0.4, -0.2) is 33.2 Å². The van der Waals surface area contributed by atoms with Crippen LogP contribution in [0.2, 0.25) is 0 Å². The average molecular weight is 258 g/mol. The Morgan fingerprint density at radius 1 is 0.722 bits per heavy atom. The molecule has 0 aliphatic rings. The quantitative estimate of drug-likeness (QED) is 0.601. The molecule has 0 fully saturated rings. The number of aliphatic carboxylic acids is 3. The molecule has 3 N–H and O–H groups in total. The van der Waals surface area contributed by atoms with Gasteiger partial charge in [-0.05, 0) is 6.42 Å². The van der Waals surface area contributed by atoms with Crippen molar-refractivity contribution < 1.29 is 29.7 Å². The third kappa shape index (κ3) is 23.6. The van der Waals surface area contributed by atoms with Crippen molar-refractivity contribution in [1.82, 2.24) is 0 Å². The molecule has 6 nitrogen and oxygen atoms in total. The van der Waals surface area contributed by atoms with Gasteiger partial charge in [-0.2, -0.15) is 0 Å². The molecule has 0 spiro atoms. The van der Waals surface area contributed by atoms with Gasteiger partial charge in [-0.1, -0.05) is 31.2 Å². The van der Waals surface area contributed by atoms with E-state index < -0.39 is 17.9 Å². The number of hydrogen-bond donors (Lipinski definition) is 3. The highest BCUT2D eigenvalue weighted by Crippen LogP contribution is 1.86. The minimum absolute atomic E-state index is 0.118. The highest BCUT2D eigenvalue weighted by Gasteiger charge is 1.91. The molecule has 0 aliphatic carbocycles. The summed E-state index contributed by atoms with van der Waals surface area (Å²) in [5.41, 5.74) is 0. The van der Waals surface area contributed by atoms with Gasteiger partial charge in [0, 0.05) is 0 Å². The van der Waals surface area contributed by atoms with Gasteiger partial charge < -0.3 is 15.3 Å². The Balaban J connectivity index is 0. The lowest BCUT2D eigenvalue weighted by molar-refractivity contribution is -0.137. The van der Waals surface area contributed by atoms with E-state index in [1.54, 1.807) is 6.08 Å². The maximum atomic E-state index is 9.85. The molecule has 0 bridgehead atoms. The molecule has 0 amide bonds. The molecular weight excluding hydrogens is 240 g/mol. The largest absolute Gasteiger partial charge is 0.481 e. The molecule has 0 atom stereocenters. The van der Waals surface area contributed by atoms with E-state index in [0.29, 0.717) is 0 Å². The van der Waals surface area contributed by atoms with Gasteiger partial charge in [0.2, 0.25) is 0 Å². The summed E-state index contributed by atoms with van der Waals surface area (Å²) in [6.07, 6.45) is 6.95. The Bertz CT molecular complexity index is 299. The Morgan fingerprint density at radius 3 is 1.22 bits per heavy atom. The molecule has 0 aromatic carbocycles. The number of rotatable bonds is 7. The number of carboxylic acid groups (broad SMARTS) is 3. The molecule has 0 aromatic rings. The second-order valence-corrected chi connectivity index (χ2v) is 3.14. The SMILES string of the molecule is CC/C=C/CC(=O)O.O=C(O)C/C=C/CC(=O)O. The van der Waals surface area contributed by atoms with Gasteiger partial charge in [0.15, 0.2) is 0 Å². The smallest absolute Gasteiger partial charge is 0.307 e. The van der Waals surface area contributed by atoms with Gasteiger partial charge in [-0.3, -0.25) is 14.4 Å². The lowest BCUT2D eigenvalue weighted by atomic mass is 10.3. The normalized spacial score (nSPS) is 10.1. The fourth-order valence-corrected chi connectivity index (χ4v) is 0.719. The Labute approximate surface area is 105 Å². The zero-order valence-electron chi connectivity index (χ0n) is 10.2. The molecule has 0 saturated carbocycles. The van der Waals surface area contributed by atoms with Crippen LogP contribution < -0.4 is 0 Å². The van der Waals surface area contributed by atoms with Gasteiger partial charge in [0.1, 0.15) is 0 Å². The van der Waals surface area contributed by atoms with Gasteiger partial charge in [-0.15, -0.1) is 0 Å².